The maximum Gasteiger partial charge on any atom is 0.115 e. The number of unbranched alkanes of at least 4 members (excludes halogenated alkanes) is 4. The second-order valence-electron chi connectivity index (χ2n) is 11.8. The Labute approximate surface area is 249 Å². The minimum Gasteiger partial charge on any atom is -0.396 e. The van der Waals surface area contributed by atoms with E-state index in [0.29, 0.717) is 11.4 Å². The number of nitrogen functional groups attached to an aromatic ring is 2. The maximum atomic E-state index is 6.88. The first-order chi connectivity index (χ1) is 20.1. The van der Waals surface area contributed by atoms with Gasteiger partial charge in [-0.1, -0.05) is 51.7 Å². The zero-order valence-corrected chi connectivity index (χ0v) is 25.5. The molecule has 0 aliphatic carbocycles. The fourth-order valence-electron chi connectivity index (χ4n) is 6.86. The van der Waals surface area contributed by atoms with Crippen LogP contribution in [0.5, 0.6) is 0 Å². The van der Waals surface area contributed by atoms with Crippen LogP contribution in [-0.4, -0.2) is 34.9 Å². The van der Waals surface area contributed by atoms with Crippen LogP contribution in [0.1, 0.15) is 76.3 Å². The largest absolute Gasteiger partial charge is 0.396 e. The van der Waals surface area contributed by atoms with Gasteiger partial charge in [0.25, 0.3) is 0 Å². The summed E-state index contributed by atoms with van der Waals surface area (Å²) < 4.78 is 9.56. The molecule has 7 heteroatoms. The molecule has 4 N–H and O–H groups in total. The van der Waals surface area contributed by atoms with Crippen LogP contribution in [0.25, 0.3) is 33.3 Å². The van der Waals surface area contributed by atoms with Crippen LogP contribution < -0.4 is 21.3 Å². The van der Waals surface area contributed by atoms with Crippen molar-refractivity contribution in [3.63, 3.8) is 0 Å². The minimum absolute atomic E-state index is 0.606. The summed E-state index contributed by atoms with van der Waals surface area (Å²) in [5, 5.41) is 0. The summed E-state index contributed by atoms with van der Waals surface area (Å²) in [5.41, 5.74) is 26.2. The lowest BCUT2D eigenvalue weighted by Crippen LogP contribution is -2.30. The predicted molar refractivity (Wildman–Crippen MR) is 177 cm³/mol. The highest BCUT2D eigenvalue weighted by molar-refractivity contribution is 7.00. The first-order valence-electron chi connectivity index (χ1n) is 15.7. The zero-order chi connectivity index (χ0) is 28.3. The van der Waals surface area contributed by atoms with Gasteiger partial charge in [0.1, 0.15) is 11.0 Å². The van der Waals surface area contributed by atoms with E-state index in [1.54, 1.807) is 0 Å². The quantitative estimate of drug-likeness (QED) is 0.149. The molecule has 0 atom stereocenters. The third-order valence-electron chi connectivity index (χ3n) is 9.02. The number of nitrogens with zero attached hydrogens (tertiary/aromatic N) is 4. The normalized spacial score (nSPS) is 14.9. The lowest BCUT2D eigenvalue weighted by molar-refractivity contribution is 0.638. The van der Waals surface area contributed by atoms with Gasteiger partial charge in [-0.15, -0.1) is 0 Å². The van der Waals surface area contributed by atoms with Crippen LogP contribution in [0.4, 0.5) is 22.7 Å². The molecule has 216 valence electrons. The van der Waals surface area contributed by atoms with Crippen molar-refractivity contribution < 1.29 is 0 Å². The van der Waals surface area contributed by atoms with Gasteiger partial charge in [-0.2, -0.15) is 8.75 Å². The van der Waals surface area contributed by atoms with Gasteiger partial charge >= 0.3 is 0 Å². The number of fused-ring (bicyclic) bond motifs is 3. The Morgan fingerprint density at radius 1 is 0.683 bits per heavy atom. The summed E-state index contributed by atoms with van der Waals surface area (Å²) in [6.07, 6.45) is 12.1. The Balaban J connectivity index is 1.37. The highest BCUT2D eigenvalue weighted by Crippen LogP contribution is 2.46. The van der Waals surface area contributed by atoms with E-state index in [1.807, 2.05) is 0 Å². The van der Waals surface area contributed by atoms with E-state index in [-0.39, 0.29) is 0 Å². The summed E-state index contributed by atoms with van der Waals surface area (Å²) in [7, 11) is 0. The van der Waals surface area contributed by atoms with E-state index in [1.165, 1.54) is 85.6 Å². The number of aryl methyl sites for hydroxylation is 2. The van der Waals surface area contributed by atoms with Crippen molar-refractivity contribution in [2.24, 2.45) is 0 Å². The summed E-state index contributed by atoms with van der Waals surface area (Å²) in [5.74, 6) is 0. The van der Waals surface area contributed by atoms with Gasteiger partial charge in [0.05, 0.1) is 23.1 Å². The van der Waals surface area contributed by atoms with E-state index in [0.717, 1.165) is 72.3 Å². The van der Waals surface area contributed by atoms with Gasteiger partial charge in [0, 0.05) is 48.7 Å². The van der Waals surface area contributed by atoms with Gasteiger partial charge in [0.2, 0.25) is 0 Å². The van der Waals surface area contributed by atoms with Crippen LogP contribution in [0.15, 0.2) is 36.4 Å². The molecule has 3 aromatic carbocycles. The topological polar surface area (TPSA) is 84.3 Å². The Kier molecular flexibility index (Phi) is 8.33. The van der Waals surface area contributed by atoms with Gasteiger partial charge in [-0.3, -0.25) is 0 Å². The molecule has 0 saturated heterocycles. The average molecular weight is 569 g/mol. The average Bonchev–Trinajstić information content (AvgIpc) is 3.46. The second kappa shape index (κ2) is 12.3. The highest BCUT2D eigenvalue weighted by atomic mass is 32.1. The predicted octanol–water partition coefficient (Wildman–Crippen LogP) is 8.08. The minimum atomic E-state index is 0.606. The molecule has 0 unspecified atom stereocenters. The van der Waals surface area contributed by atoms with E-state index in [4.69, 9.17) is 20.2 Å². The summed E-state index contributed by atoms with van der Waals surface area (Å²) in [6.45, 7) is 9.05. The molecule has 0 saturated carbocycles. The maximum absolute atomic E-state index is 6.88. The number of hydrogen-bond donors (Lipinski definition) is 2. The molecule has 0 bridgehead atoms. The summed E-state index contributed by atoms with van der Waals surface area (Å²) in [4.78, 5) is 5.11. The van der Waals surface area contributed by atoms with Crippen LogP contribution >= 0.6 is 11.7 Å². The third-order valence-corrected chi connectivity index (χ3v) is 9.55. The van der Waals surface area contributed by atoms with E-state index >= 15 is 0 Å². The lowest BCUT2D eigenvalue weighted by Gasteiger charge is -2.32. The van der Waals surface area contributed by atoms with Crippen molar-refractivity contribution in [1.82, 2.24) is 8.75 Å². The molecule has 2 aliphatic rings. The lowest BCUT2D eigenvalue weighted by atomic mass is 9.90. The zero-order valence-electron chi connectivity index (χ0n) is 24.7. The van der Waals surface area contributed by atoms with Crippen LogP contribution in [0, 0.1) is 0 Å². The second-order valence-corrected chi connectivity index (χ2v) is 12.3. The Morgan fingerprint density at radius 3 is 1.59 bits per heavy atom. The number of hydrogen-bond acceptors (Lipinski definition) is 7. The first-order valence-corrected chi connectivity index (χ1v) is 16.4. The number of aromatic nitrogens is 2. The van der Waals surface area contributed by atoms with Crippen molar-refractivity contribution in [1.29, 1.82) is 0 Å². The number of benzene rings is 3. The third kappa shape index (κ3) is 5.36. The molecule has 2 aliphatic heterocycles. The molecule has 41 heavy (non-hydrogen) atoms. The van der Waals surface area contributed by atoms with Crippen molar-refractivity contribution in [2.75, 3.05) is 47.4 Å². The molecule has 3 heterocycles. The van der Waals surface area contributed by atoms with Crippen LogP contribution in [-0.2, 0) is 12.8 Å². The van der Waals surface area contributed by atoms with Gasteiger partial charge in [0.15, 0.2) is 0 Å². The Hall–Kier alpha value is -3.32. The van der Waals surface area contributed by atoms with Crippen molar-refractivity contribution >= 4 is 45.5 Å². The van der Waals surface area contributed by atoms with E-state index in [2.05, 4.69) is 60.0 Å². The summed E-state index contributed by atoms with van der Waals surface area (Å²) in [6, 6.07) is 13.6. The smallest absolute Gasteiger partial charge is 0.115 e. The van der Waals surface area contributed by atoms with Crippen LogP contribution in [0.3, 0.4) is 0 Å². The van der Waals surface area contributed by atoms with Crippen molar-refractivity contribution in [3.8, 4) is 22.3 Å². The molecule has 0 radical (unpaired) electrons. The molecule has 4 aromatic rings. The first kappa shape index (κ1) is 27.8. The number of rotatable bonds is 10. The Morgan fingerprint density at radius 2 is 1.15 bits per heavy atom. The van der Waals surface area contributed by atoms with Gasteiger partial charge in [-0.05, 0) is 85.0 Å². The number of anilines is 4. The molecule has 0 spiro atoms. The van der Waals surface area contributed by atoms with Crippen LogP contribution in [0.2, 0.25) is 0 Å². The van der Waals surface area contributed by atoms with Crippen molar-refractivity contribution in [2.45, 2.75) is 78.1 Å². The molecule has 0 amide bonds. The molecular weight excluding hydrogens is 524 g/mol. The van der Waals surface area contributed by atoms with Crippen molar-refractivity contribution in [3.05, 3.63) is 47.5 Å². The molecule has 6 nitrogen and oxygen atoms in total. The van der Waals surface area contributed by atoms with Gasteiger partial charge in [-0.25, -0.2) is 0 Å². The fraction of sp³-hybridized carbons (Fsp3) is 0.471. The van der Waals surface area contributed by atoms with Gasteiger partial charge < -0.3 is 21.3 Å². The molecule has 6 rings (SSSR count). The van der Waals surface area contributed by atoms with E-state index in [9.17, 15) is 0 Å². The molecular formula is C34H44N6S. The standard InChI is InChI=1S/C34H44N6S/c1-3-5-7-17-39-19-9-11-23-21-25(13-15-27(23)39)29-31(35)32(36)30(34-33(29)37-41-38-34)26-14-16-28-24(22-26)12-10-20-40(28)18-8-6-4-2/h13-16,21-22H,3-12,17-20,35-36H2,1-2H3. The van der Waals surface area contributed by atoms with E-state index < -0.39 is 0 Å². The monoisotopic (exact) mass is 568 g/mol. The Bertz CT molecular complexity index is 1410. The number of nitrogens with two attached hydrogens (primary N) is 2. The molecule has 1 aromatic heterocycles. The fourth-order valence-corrected chi connectivity index (χ4v) is 7.42. The molecule has 0 fully saturated rings. The summed E-state index contributed by atoms with van der Waals surface area (Å²) >= 11 is 1.24. The SMILES string of the molecule is CCCCCN1CCCc2cc(-c3c(N)c(N)c(-c4ccc5c(c4)CCCN5CCCCC)c4nsnc34)ccc21. The highest BCUT2D eigenvalue weighted by Gasteiger charge is 2.25.